The summed E-state index contributed by atoms with van der Waals surface area (Å²) in [7, 11) is 3.43. The Kier molecular flexibility index (Phi) is 6.11. The zero-order valence-corrected chi connectivity index (χ0v) is 22.6. The molecular weight excluding hydrogens is 526 g/mol. The smallest absolute Gasteiger partial charge is 0.275 e. The Morgan fingerprint density at radius 1 is 1.13 bits per heavy atom. The largest absolute Gasteiger partial charge is 0.494 e. The summed E-state index contributed by atoms with van der Waals surface area (Å²) in [6, 6.07) is 3.47. The molecule has 0 radical (unpaired) electrons. The molecule has 6 rings (SSSR count). The Morgan fingerprint density at radius 3 is 2.76 bits per heavy atom. The van der Waals surface area contributed by atoms with E-state index >= 15 is 0 Å². The Hall–Kier alpha value is -3.83. The molecular formula is C26H24ClN7O3S. The van der Waals surface area contributed by atoms with E-state index in [1.54, 1.807) is 11.0 Å². The predicted molar refractivity (Wildman–Crippen MR) is 143 cm³/mol. The highest BCUT2D eigenvalue weighted by Crippen LogP contribution is 2.36. The van der Waals surface area contributed by atoms with Gasteiger partial charge in [0.1, 0.15) is 10.9 Å². The van der Waals surface area contributed by atoms with Crippen LogP contribution in [0.3, 0.4) is 0 Å². The standard InChI is InChI=1S/C26H24ClN7O3S/c1-13-7-15(16-8-22(27)29-10-20(16)37-3)17(9-28-13)24(35)31-26-30-18-11-34(12-21(18)38-26)25(36)23-14-5-4-6-19(14)33(2)32-23/h7-10H,4-6,11-12H2,1-3H3,(H,30,31,35). The van der Waals surface area contributed by atoms with Gasteiger partial charge < -0.3 is 9.64 Å². The Labute approximate surface area is 227 Å². The van der Waals surface area contributed by atoms with Gasteiger partial charge in [-0.05, 0) is 38.3 Å². The van der Waals surface area contributed by atoms with Crippen LogP contribution in [0.5, 0.6) is 5.75 Å². The first-order chi connectivity index (χ1) is 18.3. The van der Waals surface area contributed by atoms with Gasteiger partial charge in [0, 0.05) is 41.3 Å². The van der Waals surface area contributed by atoms with Crippen LogP contribution in [0.1, 0.15) is 54.8 Å². The molecule has 0 bridgehead atoms. The van der Waals surface area contributed by atoms with E-state index in [1.165, 1.54) is 30.8 Å². The molecule has 1 N–H and O–H groups in total. The van der Waals surface area contributed by atoms with Crippen LogP contribution in [0.2, 0.25) is 5.15 Å². The van der Waals surface area contributed by atoms with Crippen molar-refractivity contribution in [1.82, 2.24) is 29.6 Å². The predicted octanol–water partition coefficient (Wildman–Crippen LogP) is 4.20. The molecule has 0 aromatic carbocycles. The third kappa shape index (κ3) is 4.21. The van der Waals surface area contributed by atoms with E-state index in [-0.39, 0.29) is 17.0 Å². The third-order valence-corrected chi connectivity index (χ3v) is 8.11. The molecule has 0 fully saturated rings. The lowest BCUT2D eigenvalue weighted by atomic mass is 10.0. The number of methoxy groups -OCH3 is 1. The number of carbonyl (C=O) groups is 2. The molecule has 0 saturated carbocycles. The number of ether oxygens (including phenoxy) is 1. The Bertz CT molecular complexity index is 1590. The maximum absolute atomic E-state index is 13.4. The van der Waals surface area contributed by atoms with Crippen molar-refractivity contribution in [2.45, 2.75) is 39.3 Å². The van der Waals surface area contributed by atoms with Crippen LogP contribution in [0.15, 0.2) is 24.5 Å². The molecule has 0 atom stereocenters. The molecule has 0 spiro atoms. The number of fused-ring (bicyclic) bond motifs is 2. The van der Waals surface area contributed by atoms with Crippen molar-refractivity contribution < 1.29 is 14.3 Å². The normalized spacial score (nSPS) is 13.9. The molecule has 1 aliphatic heterocycles. The quantitative estimate of drug-likeness (QED) is 0.371. The maximum atomic E-state index is 13.4. The first kappa shape index (κ1) is 24.5. The highest BCUT2D eigenvalue weighted by molar-refractivity contribution is 7.16. The van der Waals surface area contributed by atoms with Gasteiger partial charge in [0.2, 0.25) is 0 Å². The van der Waals surface area contributed by atoms with Crippen molar-refractivity contribution in [3.63, 3.8) is 0 Å². The first-order valence-electron chi connectivity index (χ1n) is 12.1. The maximum Gasteiger partial charge on any atom is 0.275 e. The first-order valence-corrected chi connectivity index (χ1v) is 13.3. The molecule has 0 unspecified atom stereocenters. The van der Waals surface area contributed by atoms with Gasteiger partial charge in [-0.1, -0.05) is 22.9 Å². The van der Waals surface area contributed by atoms with Crippen molar-refractivity contribution >= 4 is 39.9 Å². The van der Waals surface area contributed by atoms with Crippen LogP contribution in [-0.4, -0.2) is 48.6 Å². The Morgan fingerprint density at radius 2 is 1.97 bits per heavy atom. The number of pyridine rings is 2. The molecule has 38 heavy (non-hydrogen) atoms. The van der Waals surface area contributed by atoms with Gasteiger partial charge in [0.05, 0.1) is 42.5 Å². The number of nitrogens with zero attached hydrogens (tertiary/aromatic N) is 6. The number of nitrogens with one attached hydrogen (secondary N) is 1. The second kappa shape index (κ2) is 9.48. The van der Waals surface area contributed by atoms with Crippen LogP contribution in [-0.2, 0) is 33.0 Å². The van der Waals surface area contributed by atoms with E-state index in [1.807, 2.05) is 24.7 Å². The number of amides is 2. The van der Waals surface area contributed by atoms with E-state index in [0.29, 0.717) is 46.4 Å². The molecule has 5 heterocycles. The minimum Gasteiger partial charge on any atom is -0.494 e. The van der Waals surface area contributed by atoms with Crippen molar-refractivity contribution in [2.24, 2.45) is 7.05 Å². The fourth-order valence-electron chi connectivity index (χ4n) is 5.09. The number of thiazole rings is 1. The van der Waals surface area contributed by atoms with Crippen molar-refractivity contribution in [1.29, 1.82) is 0 Å². The number of anilines is 1. The van der Waals surface area contributed by atoms with Gasteiger partial charge in [0.15, 0.2) is 10.8 Å². The molecule has 2 amide bonds. The summed E-state index contributed by atoms with van der Waals surface area (Å²) in [5, 5.41) is 8.15. The van der Waals surface area contributed by atoms with Gasteiger partial charge in [-0.3, -0.25) is 24.6 Å². The number of hydrogen-bond acceptors (Lipinski definition) is 8. The number of aryl methyl sites for hydroxylation is 2. The molecule has 0 saturated heterocycles. The second-order valence-corrected chi connectivity index (χ2v) is 10.8. The van der Waals surface area contributed by atoms with E-state index in [2.05, 4.69) is 25.4 Å². The lowest BCUT2D eigenvalue weighted by molar-refractivity contribution is 0.0743. The summed E-state index contributed by atoms with van der Waals surface area (Å²) in [5.74, 6) is 0.0670. The zero-order chi connectivity index (χ0) is 26.6. The van der Waals surface area contributed by atoms with E-state index in [0.717, 1.165) is 46.8 Å². The van der Waals surface area contributed by atoms with Crippen LogP contribution in [0, 0.1) is 6.92 Å². The van der Waals surface area contributed by atoms with Gasteiger partial charge in [0.25, 0.3) is 11.8 Å². The second-order valence-electron chi connectivity index (χ2n) is 9.33. The minimum atomic E-state index is -0.355. The number of carbonyl (C=O) groups excluding carboxylic acids is 2. The van der Waals surface area contributed by atoms with E-state index in [4.69, 9.17) is 16.3 Å². The van der Waals surface area contributed by atoms with Gasteiger partial charge in [-0.15, -0.1) is 0 Å². The molecule has 2 aliphatic rings. The summed E-state index contributed by atoms with van der Waals surface area (Å²) in [4.78, 5) is 42.3. The number of hydrogen-bond donors (Lipinski definition) is 1. The molecule has 4 aromatic heterocycles. The third-order valence-electron chi connectivity index (χ3n) is 6.91. The number of halogens is 1. The van der Waals surface area contributed by atoms with Gasteiger partial charge in [-0.2, -0.15) is 5.10 Å². The van der Waals surface area contributed by atoms with Crippen LogP contribution in [0.4, 0.5) is 5.13 Å². The Balaban J connectivity index is 1.21. The fraction of sp³-hybridized carbons (Fsp3) is 0.308. The number of aromatic nitrogens is 5. The lowest BCUT2D eigenvalue weighted by Gasteiger charge is -2.15. The van der Waals surface area contributed by atoms with Crippen molar-refractivity contribution in [2.75, 3.05) is 12.4 Å². The minimum absolute atomic E-state index is 0.0696. The molecule has 10 nitrogen and oxygen atoms in total. The van der Waals surface area contributed by atoms with Crippen LogP contribution < -0.4 is 10.1 Å². The lowest BCUT2D eigenvalue weighted by Crippen LogP contribution is -2.27. The summed E-state index contributed by atoms with van der Waals surface area (Å²) in [6.45, 7) is 2.67. The highest BCUT2D eigenvalue weighted by atomic mass is 35.5. The topological polar surface area (TPSA) is 115 Å². The average Bonchev–Trinajstić information content (AvgIpc) is 3.66. The monoisotopic (exact) mass is 549 g/mol. The van der Waals surface area contributed by atoms with Crippen LogP contribution in [0.25, 0.3) is 11.1 Å². The van der Waals surface area contributed by atoms with E-state index in [9.17, 15) is 9.59 Å². The average molecular weight is 550 g/mol. The summed E-state index contributed by atoms with van der Waals surface area (Å²) >= 11 is 7.51. The van der Waals surface area contributed by atoms with Crippen molar-refractivity contribution in [3.8, 4) is 16.9 Å². The van der Waals surface area contributed by atoms with Crippen LogP contribution >= 0.6 is 22.9 Å². The molecule has 12 heteroatoms. The summed E-state index contributed by atoms with van der Waals surface area (Å²) < 4.78 is 7.28. The highest BCUT2D eigenvalue weighted by Gasteiger charge is 2.33. The SMILES string of the molecule is COc1cnc(Cl)cc1-c1cc(C)ncc1C(=O)Nc1nc2c(s1)CN(C(=O)c1nn(C)c3c1CCC3)C2. The molecule has 1 aliphatic carbocycles. The summed E-state index contributed by atoms with van der Waals surface area (Å²) in [5.41, 5.74) is 5.92. The number of rotatable bonds is 5. The fourth-order valence-corrected chi connectivity index (χ4v) is 6.23. The van der Waals surface area contributed by atoms with Gasteiger partial charge >= 0.3 is 0 Å². The summed E-state index contributed by atoms with van der Waals surface area (Å²) in [6.07, 6.45) is 5.96. The molecule has 194 valence electrons. The van der Waals surface area contributed by atoms with Gasteiger partial charge in [-0.25, -0.2) is 9.97 Å². The molecule has 4 aromatic rings. The van der Waals surface area contributed by atoms with Crippen molar-refractivity contribution in [3.05, 3.63) is 68.5 Å². The zero-order valence-electron chi connectivity index (χ0n) is 21.0. The van der Waals surface area contributed by atoms with E-state index < -0.39 is 0 Å².